The summed E-state index contributed by atoms with van der Waals surface area (Å²) in [6.07, 6.45) is -6.52. The molecule has 0 radical (unpaired) electrons. The van der Waals surface area contributed by atoms with Crippen LogP contribution >= 0.6 is 0 Å². The second-order valence-electron chi connectivity index (χ2n) is 4.37. The van der Waals surface area contributed by atoms with Crippen LogP contribution in [0.1, 0.15) is 0 Å². The van der Waals surface area contributed by atoms with Gasteiger partial charge in [-0.1, -0.05) is 5.70 Å². The Morgan fingerprint density at radius 3 is 1.74 bits per heavy atom. The van der Waals surface area contributed by atoms with Crippen molar-refractivity contribution in [2.45, 2.75) is 31.1 Å². The van der Waals surface area contributed by atoms with Gasteiger partial charge in [-0.05, 0) is 13.1 Å². The molecule has 0 aromatic rings. The van der Waals surface area contributed by atoms with Crippen LogP contribution in [0.25, 0.3) is 0 Å². The molecule has 0 heterocycles. The van der Waals surface area contributed by atoms with Crippen LogP contribution in [0, 0.1) is 0 Å². The lowest BCUT2D eigenvalue weighted by Gasteiger charge is -2.36. The summed E-state index contributed by atoms with van der Waals surface area (Å²) in [5, 5.41) is 0. The number of hydrogen-bond acceptors (Lipinski definition) is 1. The standard InChI is InChI=1S/C9H12F7NOSi/c1-5-19(3,4)17(2)6(18)7(10,11)8(12,13)9(14,15)16/h5H,1H2,2-4H3. The lowest BCUT2D eigenvalue weighted by Crippen LogP contribution is -2.63. The van der Waals surface area contributed by atoms with Crippen molar-refractivity contribution in [1.82, 2.24) is 4.57 Å². The predicted octanol–water partition coefficient (Wildman–Crippen LogP) is 3.21. The molecule has 0 aliphatic rings. The molecule has 0 aromatic carbocycles. The fourth-order valence-corrected chi connectivity index (χ4v) is 1.86. The lowest BCUT2D eigenvalue weighted by molar-refractivity contribution is -0.345. The number of hydrogen-bond donors (Lipinski definition) is 0. The summed E-state index contributed by atoms with van der Waals surface area (Å²) < 4.78 is 87.6. The third-order valence-corrected chi connectivity index (χ3v) is 5.62. The Labute approximate surface area is 106 Å². The number of amides is 1. The zero-order valence-electron chi connectivity index (χ0n) is 10.3. The molecule has 112 valence electrons. The first-order valence-corrected chi connectivity index (χ1v) is 7.89. The quantitative estimate of drug-likeness (QED) is 0.577. The van der Waals surface area contributed by atoms with Crippen molar-refractivity contribution in [1.29, 1.82) is 0 Å². The molecule has 0 aliphatic heterocycles. The van der Waals surface area contributed by atoms with Gasteiger partial charge in [0.15, 0.2) is 8.24 Å². The molecule has 0 spiro atoms. The number of rotatable bonds is 4. The van der Waals surface area contributed by atoms with E-state index in [0.717, 1.165) is 12.7 Å². The van der Waals surface area contributed by atoms with Gasteiger partial charge in [0.1, 0.15) is 0 Å². The lowest BCUT2D eigenvalue weighted by atomic mass is 10.1. The SMILES string of the molecule is C=C[Si](C)(C)N(C)C(=O)C(F)(F)C(F)(F)C(F)(F)F. The maximum atomic E-state index is 13.1. The van der Waals surface area contributed by atoms with E-state index in [2.05, 4.69) is 6.58 Å². The minimum absolute atomic E-state index is 0.222. The molecule has 0 bridgehead atoms. The fraction of sp³-hybridized carbons (Fsp3) is 0.667. The Balaban J connectivity index is 5.58. The second kappa shape index (κ2) is 4.80. The van der Waals surface area contributed by atoms with Crippen molar-refractivity contribution in [3.63, 3.8) is 0 Å². The van der Waals surface area contributed by atoms with E-state index in [-0.39, 0.29) is 4.57 Å². The summed E-state index contributed by atoms with van der Waals surface area (Å²) in [6, 6.07) is 0. The van der Waals surface area contributed by atoms with Crippen LogP contribution in [0.3, 0.4) is 0 Å². The summed E-state index contributed by atoms with van der Waals surface area (Å²) in [5.41, 5.74) is 1.10. The third kappa shape index (κ3) is 2.93. The van der Waals surface area contributed by atoms with Gasteiger partial charge in [-0.3, -0.25) is 4.79 Å². The molecule has 0 N–H and O–H groups in total. The first kappa shape index (κ1) is 17.9. The van der Waals surface area contributed by atoms with Gasteiger partial charge in [-0.15, -0.1) is 6.58 Å². The first-order chi connectivity index (χ1) is 8.13. The monoisotopic (exact) mass is 311 g/mol. The summed E-state index contributed by atoms with van der Waals surface area (Å²) in [6.45, 7) is 5.82. The van der Waals surface area contributed by atoms with Gasteiger partial charge < -0.3 is 4.57 Å². The van der Waals surface area contributed by atoms with E-state index >= 15 is 0 Å². The van der Waals surface area contributed by atoms with Crippen LogP contribution in [0.15, 0.2) is 12.3 Å². The van der Waals surface area contributed by atoms with E-state index in [1.54, 1.807) is 0 Å². The van der Waals surface area contributed by atoms with Crippen LogP contribution in [0.5, 0.6) is 0 Å². The van der Waals surface area contributed by atoms with Gasteiger partial charge in [0.25, 0.3) is 5.91 Å². The van der Waals surface area contributed by atoms with Gasteiger partial charge in [0.05, 0.1) is 0 Å². The number of alkyl halides is 7. The van der Waals surface area contributed by atoms with Crippen molar-refractivity contribution in [3.05, 3.63) is 12.3 Å². The molecule has 0 unspecified atom stereocenters. The predicted molar refractivity (Wildman–Crippen MR) is 56.4 cm³/mol. The van der Waals surface area contributed by atoms with E-state index in [1.165, 1.54) is 13.1 Å². The highest BCUT2D eigenvalue weighted by atomic mass is 28.3. The van der Waals surface area contributed by atoms with Gasteiger partial charge in [0.2, 0.25) is 0 Å². The Bertz CT molecular complexity index is 377. The molecule has 0 atom stereocenters. The zero-order chi connectivity index (χ0) is 15.9. The smallest absolute Gasteiger partial charge is 0.363 e. The van der Waals surface area contributed by atoms with E-state index < -0.39 is 32.2 Å². The summed E-state index contributed by atoms with van der Waals surface area (Å²) in [7, 11) is -2.28. The Morgan fingerprint density at radius 2 is 1.47 bits per heavy atom. The van der Waals surface area contributed by atoms with Crippen LogP contribution in [-0.2, 0) is 4.79 Å². The molecule has 1 amide bonds. The number of carbonyl (C=O) groups excluding carboxylic acids is 1. The first-order valence-electron chi connectivity index (χ1n) is 4.87. The van der Waals surface area contributed by atoms with Gasteiger partial charge in [0, 0.05) is 7.05 Å². The highest BCUT2D eigenvalue weighted by Crippen LogP contribution is 2.47. The van der Waals surface area contributed by atoms with E-state index in [4.69, 9.17) is 0 Å². The zero-order valence-corrected chi connectivity index (χ0v) is 11.3. The molecule has 2 nitrogen and oxygen atoms in total. The van der Waals surface area contributed by atoms with E-state index in [9.17, 15) is 35.5 Å². The molecule has 19 heavy (non-hydrogen) atoms. The molecule has 0 aromatic heterocycles. The number of halogens is 7. The van der Waals surface area contributed by atoms with Crippen molar-refractivity contribution < 1.29 is 35.5 Å². The van der Waals surface area contributed by atoms with Gasteiger partial charge in [-0.2, -0.15) is 30.7 Å². The van der Waals surface area contributed by atoms with Gasteiger partial charge in [-0.25, -0.2) is 0 Å². The van der Waals surface area contributed by atoms with Crippen LogP contribution < -0.4 is 0 Å². The molecule has 0 fully saturated rings. The Morgan fingerprint density at radius 1 is 1.11 bits per heavy atom. The molecule has 0 rings (SSSR count). The summed E-state index contributed by atoms with van der Waals surface area (Å²) >= 11 is 0. The van der Waals surface area contributed by atoms with Crippen molar-refractivity contribution >= 4 is 14.1 Å². The van der Waals surface area contributed by atoms with Crippen LogP contribution in [0.2, 0.25) is 13.1 Å². The largest absolute Gasteiger partial charge is 0.460 e. The minimum atomic E-state index is -6.52. The van der Waals surface area contributed by atoms with Crippen LogP contribution in [-0.4, -0.2) is 43.8 Å². The van der Waals surface area contributed by atoms with Crippen molar-refractivity contribution in [2.75, 3.05) is 7.05 Å². The molecule has 0 aliphatic carbocycles. The van der Waals surface area contributed by atoms with Crippen molar-refractivity contribution in [2.24, 2.45) is 0 Å². The maximum Gasteiger partial charge on any atom is 0.460 e. The maximum absolute atomic E-state index is 13.1. The van der Waals surface area contributed by atoms with E-state index in [1.807, 2.05) is 0 Å². The number of carbonyl (C=O) groups is 1. The molecule has 10 heteroatoms. The molecule has 0 saturated heterocycles. The average molecular weight is 311 g/mol. The van der Waals surface area contributed by atoms with Crippen LogP contribution in [0.4, 0.5) is 30.7 Å². The average Bonchev–Trinajstić information content (AvgIpc) is 2.25. The normalized spacial score (nSPS) is 14.2. The highest BCUT2D eigenvalue weighted by Gasteiger charge is 2.77. The number of nitrogens with zero attached hydrogens (tertiary/aromatic N) is 1. The Kier molecular flexibility index (Phi) is 4.53. The molecule has 0 saturated carbocycles. The molecular formula is C9H12F7NOSi. The minimum Gasteiger partial charge on any atom is -0.363 e. The van der Waals surface area contributed by atoms with E-state index in [0.29, 0.717) is 0 Å². The third-order valence-electron chi connectivity index (χ3n) is 2.69. The molecular weight excluding hydrogens is 299 g/mol. The Hall–Kier alpha value is -1.06. The summed E-state index contributed by atoms with van der Waals surface area (Å²) in [5.74, 6) is -14.9. The van der Waals surface area contributed by atoms with Crippen molar-refractivity contribution in [3.8, 4) is 0 Å². The fourth-order valence-electron chi connectivity index (χ4n) is 0.922. The summed E-state index contributed by atoms with van der Waals surface area (Å²) in [4.78, 5) is 11.2. The highest BCUT2D eigenvalue weighted by molar-refractivity contribution is 6.81. The second-order valence-corrected chi connectivity index (χ2v) is 8.75. The van der Waals surface area contributed by atoms with Gasteiger partial charge >= 0.3 is 18.0 Å². The topological polar surface area (TPSA) is 20.3 Å².